The second-order valence-corrected chi connectivity index (χ2v) is 4.49. The zero-order valence-corrected chi connectivity index (χ0v) is 10.7. The highest BCUT2D eigenvalue weighted by Gasteiger charge is 2.04. The van der Waals surface area contributed by atoms with Crippen molar-refractivity contribution in [2.75, 3.05) is 6.54 Å². The largest absolute Gasteiger partial charge is 0.392 e. The second kappa shape index (κ2) is 7.04. The number of aromatic nitrogens is 2. The molecule has 2 aromatic rings. The molecule has 1 aromatic carbocycles. The van der Waals surface area contributed by atoms with Gasteiger partial charge >= 0.3 is 0 Å². The molecule has 5 nitrogen and oxygen atoms in total. The molecule has 0 spiro atoms. The van der Waals surface area contributed by atoms with Gasteiger partial charge in [-0.1, -0.05) is 24.3 Å². The van der Waals surface area contributed by atoms with Gasteiger partial charge in [0.25, 0.3) is 0 Å². The van der Waals surface area contributed by atoms with E-state index >= 15 is 0 Å². The van der Waals surface area contributed by atoms with E-state index in [1.54, 1.807) is 10.9 Å². The molecule has 2 rings (SSSR count). The van der Waals surface area contributed by atoms with Crippen molar-refractivity contribution in [3.8, 4) is 0 Å². The highest BCUT2D eigenvalue weighted by Crippen LogP contribution is 2.04. The van der Waals surface area contributed by atoms with Gasteiger partial charge in [-0.25, -0.2) is 0 Å². The number of nitrogens with one attached hydrogen (secondary N) is 1. The van der Waals surface area contributed by atoms with Crippen LogP contribution in [0.4, 0.5) is 0 Å². The summed E-state index contributed by atoms with van der Waals surface area (Å²) in [7, 11) is 0. The van der Waals surface area contributed by atoms with E-state index in [4.69, 9.17) is 5.11 Å². The molecule has 1 heterocycles. The molecule has 0 bridgehead atoms. The van der Waals surface area contributed by atoms with Crippen LogP contribution in [0.1, 0.15) is 11.1 Å². The van der Waals surface area contributed by atoms with E-state index in [2.05, 4.69) is 10.4 Å². The van der Waals surface area contributed by atoms with Gasteiger partial charge in [-0.3, -0.25) is 4.68 Å². The minimum Gasteiger partial charge on any atom is -0.392 e. The van der Waals surface area contributed by atoms with E-state index in [0.29, 0.717) is 19.6 Å². The van der Waals surface area contributed by atoms with E-state index in [1.807, 2.05) is 36.5 Å². The summed E-state index contributed by atoms with van der Waals surface area (Å²) in [4.78, 5) is 0. The Labute approximate surface area is 112 Å². The standard InChI is InChI=1S/C14H19N3O2/c18-11-13-4-2-12(3-5-13)8-15-9-14(19)10-17-7-1-6-16-17/h1-7,14-15,18-19H,8-11H2. The number of rotatable bonds is 7. The van der Waals surface area contributed by atoms with Gasteiger partial charge in [0, 0.05) is 25.5 Å². The fourth-order valence-electron chi connectivity index (χ4n) is 1.83. The summed E-state index contributed by atoms with van der Waals surface area (Å²) in [5.74, 6) is 0. The number of nitrogens with zero attached hydrogens (tertiary/aromatic N) is 2. The van der Waals surface area contributed by atoms with Crippen LogP contribution < -0.4 is 5.32 Å². The summed E-state index contributed by atoms with van der Waals surface area (Å²) >= 11 is 0. The summed E-state index contributed by atoms with van der Waals surface area (Å²) in [5, 5.41) is 26.0. The molecular formula is C14H19N3O2. The van der Waals surface area contributed by atoms with Crippen molar-refractivity contribution < 1.29 is 10.2 Å². The molecule has 0 aliphatic carbocycles. The smallest absolute Gasteiger partial charge is 0.0860 e. The van der Waals surface area contributed by atoms with Crippen LogP contribution >= 0.6 is 0 Å². The maximum absolute atomic E-state index is 9.82. The van der Waals surface area contributed by atoms with E-state index in [0.717, 1.165) is 11.1 Å². The van der Waals surface area contributed by atoms with Gasteiger partial charge in [0.2, 0.25) is 0 Å². The number of hydrogen-bond acceptors (Lipinski definition) is 4. The predicted octanol–water partition coefficient (Wildman–Crippen LogP) is 0.526. The summed E-state index contributed by atoms with van der Waals surface area (Å²) in [5.41, 5.74) is 2.03. The van der Waals surface area contributed by atoms with Crippen molar-refractivity contribution in [2.45, 2.75) is 25.8 Å². The molecule has 0 radical (unpaired) electrons. The normalized spacial score (nSPS) is 12.5. The van der Waals surface area contributed by atoms with Crippen LogP contribution in [0.3, 0.4) is 0 Å². The Kier molecular flexibility index (Phi) is 5.09. The van der Waals surface area contributed by atoms with E-state index in [-0.39, 0.29) is 6.61 Å². The SMILES string of the molecule is OCc1ccc(CNCC(O)Cn2cccn2)cc1. The zero-order chi connectivity index (χ0) is 13.5. The summed E-state index contributed by atoms with van der Waals surface area (Å²) in [6, 6.07) is 9.58. The van der Waals surface area contributed by atoms with Crippen LogP contribution in [0.2, 0.25) is 0 Å². The second-order valence-electron chi connectivity index (χ2n) is 4.49. The lowest BCUT2D eigenvalue weighted by molar-refractivity contribution is 0.146. The average Bonchev–Trinajstić information content (AvgIpc) is 2.92. The molecule has 1 aromatic heterocycles. The minimum atomic E-state index is -0.461. The topological polar surface area (TPSA) is 70.3 Å². The Balaban J connectivity index is 1.70. The van der Waals surface area contributed by atoms with Crippen molar-refractivity contribution in [3.63, 3.8) is 0 Å². The summed E-state index contributed by atoms with van der Waals surface area (Å²) in [6.07, 6.45) is 3.07. The molecular weight excluding hydrogens is 242 g/mol. The molecule has 102 valence electrons. The quantitative estimate of drug-likeness (QED) is 0.680. The molecule has 1 atom stereocenters. The molecule has 19 heavy (non-hydrogen) atoms. The Bertz CT molecular complexity index is 468. The van der Waals surface area contributed by atoms with Gasteiger partial charge in [0.05, 0.1) is 19.3 Å². The first-order valence-electron chi connectivity index (χ1n) is 6.33. The van der Waals surface area contributed by atoms with Crippen LogP contribution in [0, 0.1) is 0 Å². The maximum Gasteiger partial charge on any atom is 0.0860 e. The van der Waals surface area contributed by atoms with Crippen LogP contribution in [0.15, 0.2) is 42.7 Å². The van der Waals surface area contributed by atoms with Crippen LogP contribution in [0.5, 0.6) is 0 Å². The van der Waals surface area contributed by atoms with E-state index in [1.165, 1.54) is 0 Å². The third-order valence-electron chi connectivity index (χ3n) is 2.87. The lowest BCUT2D eigenvalue weighted by atomic mass is 10.1. The predicted molar refractivity (Wildman–Crippen MR) is 72.3 cm³/mol. The minimum absolute atomic E-state index is 0.0658. The van der Waals surface area contributed by atoms with Crippen molar-refractivity contribution in [2.24, 2.45) is 0 Å². The molecule has 0 fully saturated rings. The van der Waals surface area contributed by atoms with Crippen LogP contribution in [0.25, 0.3) is 0 Å². The van der Waals surface area contributed by atoms with Gasteiger partial charge in [0.1, 0.15) is 0 Å². The molecule has 0 saturated carbocycles. The monoisotopic (exact) mass is 261 g/mol. The van der Waals surface area contributed by atoms with Gasteiger partial charge in [-0.2, -0.15) is 5.10 Å². The first kappa shape index (κ1) is 13.7. The first-order valence-corrected chi connectivity index (χ1v) is 6.33. The molecule has 1 unspecified atom stereocenters. The van der Waals surface area contributed by atoms with Gasteiger partial charge in [-0.05, 0) is 17.2 Å². The summed E-state index contributed by atoms with van der Waals surface area (Å²) < 4.78 is 1.71. The highest BCUT2D eigenvalue weighted by molar-refractivity contribution is 5.21. The summed E-state index contributed by atoms with van der Waals surface area (Å²) in [6.45, 7) is 1.77. The highest BCUT2D eigenvalue weighted by atomic mass is 16.3. The molecule has 0 aliphatic heterocycles. The third-order valence-corrected chi connectivity index (χ3v) is 2.87. The Morgan fingerprint density at radius 3 is 2.58 bits per heavy atom. The number of benzene rings is 1. The number of aliphatic hydroxyl groups is 2. The van der Waals surface area contributed by atoms with Crippen molar-refractivity contribution in [1.29, 1.82) is 0 Å². The average molecular weight is 261 g/mol. The fraction of sp³-hybridized carbons (Fsp3) is 0.357. The lowest BCUT2D eigenvalue weighted by Crippen LogP contribution is -2.30. The van der Waals surface area contributed by atoms with Gasteiger partial charge in [-0.15, -0.1) is 0 Å². The molecule has 0 saturated heterocycles. The Hall–Kier alpha value is -1.69. The van der Waals surface area contributed by atoms with E-state index in [9.17, 15) is 5.11 Å². The molecule has 0 amide bonds. The van der Waals surface area contributed by atoms with Crippen molar-refractivity contribution >= 4 is 0 Å². The van der Waals surface area contributed by atoms with E-state index < -0.39 is 6.10 Å². The van der Waals surface area contributed by atoms with Crippen molar-refractivity contribution in [1.82, 2.24) is 15.1 Å². The maximum atomic E-state index is 9.82. The fourth-order valence-corrected chi connectivity index (χ4v) is 1.83. The van der Waals surface area contributed by atoms with Gasteiger partial charge in [0.15, 0.2) is 0 Å². The van der Waals surface area contributed by atoms with Gasteiger partial charge < -0.3 is 15.5 Å². The number of aliphatic hydroxyl groups excluding tert-OH is 2. The Morgan fingerprint density at radius 2 is 1.95 bits per heavy atom. The molecule has 0 aliphatic rings. The lowest BCUT2D eigenvalue weighted by Gasteiger charge is -2.12. The first-order chi connectivity index (χ1) is 9.28. The Morgan fingerprint density at radius 1 is 1.21 bits per heavy atom. The molecule has 5 heteroatoms. The van der Waals surface area contributed by atoms with Crippen molar-refractivity contribution in [3.05, 3.63) is 53.9 Å². The third kappa shape index (κ3) is 4.48. The molecule has 3 N–H and O–H groups in total. The van der Waals surface area contributed by atoms with Crippen LogP contribution in [-0.2, 0) is 19.7 Å². The van der Waals surface area contributed by atoms with Crippen LogP contribution in [-0.4, -0.2) is 32.6 Å². The zero-order valence-electron chi connectivity index (χ0n) is 10.7. The number of hydrogen-bond donors (Lipinski definition) is 3.